The van der Waals surface area contributed by atoms with Crippen LogP contribution in [0.3, 0.4) is 0 Å². The molecule has 0 saturated carbocycles. The second-order valence-corrected chi connectivity index (χ2v) is 2.92. The first kappa shape index (κ1) is 9.20. The maximum Gasteiger partial charge on any atom is 0.123 e. The molecule has 2 heteroatoms. The fraction of sp³-hybridized carbons (Fsp3) is 0.400. The highest BCUT2D eigenvalue weighted by molar-refractivity contribution is 5.28. The van der Waals surface area contributed by atoms with Crippen molar-refractivity contribution in [3.8, 4) is 0 Å². The van der Waals surface area contributed by atoms with E-state index in [0.29, 0.717) is 6.42 Å². The topological polar surface area (TPSA) is 20.2 Å². The van der Waals surface area contributed by atoms with Crippen molar-refractivity contribution in [2.45, 2.75) is 26.4 Å². The Morgan fingerprint density at radius 2 is 2.17 bits per heavy atom. The molecule has 66 valence electrons. The third kappa shape index (κ3) is 1.83. The zero-order chi connectivity index (χ0) is 9.14. The van der Waals surface area contributed by atoms with Gasteiger partial charge in [-0.15, -0.1) is 0 Å². The Hall–Kier alpha value is -0.890. The molecule has 0 aliphatic rings. The number of hydrogen-bond acceptors (Lipinski definition) is 1. The lowest BCUT2D eigenvalue weighted by Crippen LogP contribution is -1.98. The minimum atomic E-state index is -0.467. The first-order valence-electron chi connectivity index (χ1n) is 4.09. The smallest absolute Gasteiger partial charge is 0.123 e. The maximum atomic E-state index is 12.6. The molecule has 0 radical (unpaired) electrons. The van der Waals surface area contributed by atoms with E-state index >= 15 is 0 Å². The number of rotatable bonds is 2. The summed E-state index contributed by atoms with van der Waals surface area (Å²) in [5.74, 6) is -0.250. The number of benzene rings is 1. The van der Waals surface area contributed by atoms with E-state index in [2.05, 4.69) is 0 Å². The Morgan fingerprint density at radius 1 is 1.50 bits per heavy atom. The van der Waals surface area contributed by atoms with Crippen LogP contribution in [0.2, 0.25) is 0 Å². The number of aliphatic hydroxyl groups is 1. The van der Waals surface area contributed by atoms with E-state index in [1.54, 1.807) is 13.0 Å². The van der Waals surface area contributed by atoms with Crippen LogP contribution in [0, 0.1) is 12.7 Å². The Labute approximate surface area is 71.9 Å². The van der Waals surface area contributed by atoms with Gasteiger partial charge in [0, 0.05) is 0 Å². The van der Waals surface area contributed by atoms with Gasteiger partial charge in [0.05, 0.1) is 6.10 Å². The molecular weight excluding hydrogens is 155 g/mol. The highest BCUT2D eigenvalue weighted by Gasteiger charge is 2.07. The van der Waals surface area contributed by atoms with E-state index in [1.807, 2.05) is 6.92 Å². The molecule has 1 atom stereocenters. The first-order valence-corrected chi connectivity index (χ1v) is 4.09. The number of halogens is 1. The quantitative estimate of drug-likeness (QED) is 0.719. The largest absolute Gasteiger partial charge is 0.388 e. The van der Waals surface area contributed by atoms with Crippen LogP contribution in [-0.4, -0.2) is 5.11 Å². The summed E-state index contributed by atoms with van der Waals surface area (Å²) in [4.78, 5) is 0. The van der Waals surface area contributed by atoms with Gasteiger partial charge in [-0.1, -0.05) is 13.0 Å². The van der Waals surface area contributed by atoms with Crippen LogP contribution < -0.4 is 0 Å². The van der Waals surface area contributed by atoms with E-state index in [4.69, 9.17) is 0 Å². The summed E-state index contributed by atoms with van der Waals surface area (Å²) >= 11 is 0. The zero-order valence-electron chi connectivity index (χ0n) is 7.34. The molecule has 1 nitrogen and oxygen atoms in total. The van der Waals surface area contributed by atoms with Crippen molar-refractivity contribution in [1.29, 1.82) is 0 Å². The van der Waals surface area contributed by atoms with Crippen LogP contribution in [0.4, 0.5) is 4.39 Å². The van der Waals surface area contributed by atoms with Crippen molar-refractivity contribution in [2.75, 3.05) is 0 Å². The standard InChI is InChI=1S/C10H13FO/c1-3-10(12)9-5-4-8(11)6-7(9)2/h4-6,10,12H,3H2,1-2H3. The van der Waals surface area contributed by atoms with Gasteiger partial charge in [-0.2, -0.15) is 0 Å². The molecule has 0 aliphatic carbocycles. The Morgan fingerprint density at radius 3 is 2.67 bits per heavy atom. The average molecular weight is 168 g/mol. The molecule has 1 unspecified atom stereocenters. The monoisotopic (exact) mass is 168 g/mol. The van der Waals surface area contributed by atoms with Gasteiger partial charge in [0.25, 0.3) is 0 Å². The third-order valence-corrected chi connectivity index (χ3v) is 1.98. The molecule has 0 heterocycles. The molecular formula is C10H13FO. The van der Waals surface area contributed by atoms with Gasteiger partial charge in [-0.05, 0) is 36.6 Å². The second-order valence-electron chi connectivity index (χ2n) is 2.92. The van der Waals surface area contributed by atoms with Gasteiger partial charge in [-0.25, -0.2) is 4.39 Å². The van der Waals surface area contributed by atoms with Crippen molar-refractivity contribution in [1.82, 2.24) is 0 Å². The van der Waals surface area contributed by atoms with Crippen LogP contribution in [0.1, 0.15) is 30.6 Å². The van der Waals surface area contributed by atoms with Gasteiger partial charge in [0.2, 0.25) is 0 Å². The van der Waals surface area contributed by atoms with Crippen LogP contribution in [0.15, 0.2) is 18.2 Å². The van der Waals surface area contributed by atoms with Gasteiger partial charge >= 0.3 is 0 Å². The van der Waals surface area contributed by atoms with Crippen molar-refractivity contribution in [2.24, 2.45) is 0 Å². The lowest BCUT2D eigenvalue weighted by atomic mass is 10.0. The Balaban J connectivity index is 3.01. The van der Waals surface area contributed by atoms with Crippen molar-refractivity contribution >= 4 is 0 Å². The Bertz CT molecular complexity index is 271. The SMILES string of the molecule is CCC(O)c1ccc(F)cc1C. The minimum Gasteiger partial charge on any atom is -0.388 e. The normalized spacial score (nSPS) is 13.0. The summed E-state index contributed by atoms with van der Waals surface area (Å²) in [5, 5.41) is 9.48. The predicted octanol–water partition coefficient (Wildman–Crippen LogP) is 2.58. The summed E-state index contributed by atoms with van der Waals surface area (Å²) < 4.78 is 12.6. The van der Waals surface area contributed by atoms with E-state index in [1.165, 1.54) is 12.1 Å². The van der Waals surface area contributed by atoms with E-state index in [-0.39, 0.29) is 5.82 Å². The molecule has 0 spiro atoms. The summed E-state index contributed by atoms with van der Waals surface area (Å²) in [6, 6.07) is 4.45. The number of hydrogen-bond donors (Lipinski definition) is 1. The minimum absolute atomic E-state index is 0.250. The highest BCUT2D eigenvalue weighted by Crippen LogP contribution is 2.20. The third-order valence-electron chi connectivity index (χ3n) is 1.98. The van der Waals surface area contributed by atoms with Crippen molar-refractivity contribution in [3.63, 3.8) is 0 Å². The maximum absolute atomic E-state index is 12.6. The van der Waals surface area contributed by atoms with Gasteiger partial charge in [0.15, 0.2) is 0 Å². The fourth-order valence-corrected chi connectivity index (χ4v) is 1.23. The lowest BCUT2D eigenvalue weighted by Gasteiger charge is -2.10. The number of aryl methyl sites for hydroxylation is 1. The van der Waals surface area contributed by atoms with E-state index < -0.39 is 6.10 Å². The lowest BCUT2D eigenvalue weighted by molar-refractivity contribution is 0.173. The molecule has 1 aromatic rings. The van der Waals surface area contributed by atoms with Crippen LogP contribution in [0.25, 0.3) is 0 Å². The molecule has 1 rings (SSSR count). The van der Waals surface area contributed by atoms with Crippen molar-refractivity contribution in [3.05, 3.63) is 35.1 Å². The molecule has 0 bridgehead atoms. The van der Waals surface area contributed by atoms with Crippen LogP contribution in [0.5, 0.6) is 0 Å². The second kappa shape index (κ2) is 3.68. The predicted molar refractivity (Wildman–Crippen MR) is 46.4 cm³/mol. The van der Waals surface area contributed by atoms with E-state index in [0.717, 1.165) is 11.1 Å². The highest BCUT2D eigenvalue weighted by atomic mass is 19.1. The molecule has 1 N–H and O–H groups in total. The average Bonchev–Trinajstić information content (AvgIpc) is 2.03. The molecule has 1 aromatic carbocycles. The van der Waals surface area contributed by atoms with Crippen LogP contribution in [-0.2, 0) is 0 Å². The molecule has 0 aliphatic heterocycles. The molecule has 12 heavy (non-hydrogen) atoms. The Kier molecular flexibility index (Phi) is 2.82. The summed E-state index contributed by atoms with van der Waals surface area (Å²) in [6.07, 6.45) is 0.192. The van der Waals surface area contributed by atoms with Crippen LogP contribution >= 0.6 is 0 Å². The number of aliphatic hydroxyl groups excluding tert-OH is 1. The van der Waals surface area contributed by atoms with Gasteiger partial charge < -0.3 is 5.11 Å². The van der Waals surface area contributed by atoms with E-state index in [9.17, 15) is 9.50 Å². The van der Waals surface area contributed by atoms with Crippen molar-refractivity contribution < 1.29 is 9.50 Å². The van der Waals surface area contributed by atoms with Gasteiger partial charge in [-0.3, -0.25) is 0 Å². The first-order chi connectivity index (χ1) is 5.65. The molecule has 0 amide bonds. The molecule has 0 fully saturated rings. The summed E-state index contributed by atoms with van der Waals surface area (Å²) in [6.45, 7) is 3.70. The fourth-order valence-electron chi connectivity index (χ4n) is 1.23. The molecule has 0 saturated heterocycles. The summed E-state index contributed by atoms with van der Waals surface area (Å²) in [7, 11) is 0. The zero-order valence-corrected chi connectivity index (χ0v) is 7.34. The van der Waals surface area contributed by atoms with Gasteiger partial charge in [0.1, 0.15) is 5.82 Å². The molecule has 0 aromatic heterocycles. The summed E-state index contributed by atoms with van der Waals surface area (Å²) in [5.41, 5.74) is 1.63.